The van der Waals surface area contributed by atoms with E-state index in [1.54, 1.807) is 13.8 Å². The molecule has 1 fully saturated rings. The fourth-order valence-corrected chi connectivity index (χ4v) is 4.82. The number of carbonyl (C=O) groups is 3. The van der Waals surface area contributed by atoms with Crippen LogP contribution in [-0.2, 0) is 24.3 Å². The lowest BCUT2D eigenvalue weighted by Crippen LogP contribution is -2.51. The molecule has 0 spiro atoms. The third kappa shape index (κ3) is 5.33. The van der Waals surface area contributed by atoms with Crippen molar-refractivity contribution in [2.75, 3.05) is 26.2 Å². The number of primary amides is 1. The Morgan fingerprint density at radius 1 is 1.21 bits per heavy atom. The Morgan fingerprint density at radius 2 is 1.90 bits per heavy atom. The van der Waals surface area contributed by atoms with E-state index in [-0.39, 0.29) is 10.5 Å². The maximum absolute atomic E-state index is 12.6. The predicted molar refractivity (Wildman–Crippen MR) is 105 cm³/mol. The fraction of sp³-hybridized carbons (Fsp3) is 0.526. The molecule has 1 atom stereocenters. The van der Waals surface area contributed by atoms with Gasteiger partial charge in [-0.1, -0.05) is 19.9 Å². The molecule has 0 aromatic heterocycles. The van der Waals surface area contributed by atoms with Crippen LogP contribution in [0.2, 0.25) is 0 Å². The summed E-state index contributed by atoms with van der Waals surface area (Å²) < 4.78 is 31.6. The van der Waals surface area contributed by atoms with Crippen molar-refractivity contribution in [3.63, 3.8) is 0 Å². The Kier molecular flexibility index (Phi) is 7.74. The first-order chi connectivity index (χ1) is 13.7. The molecule has 1 aliphatic heterocycles. The van der Waals surface area contributed by atoms with Crippen LogP contribution in [0.5, 0.6) is 0 Å². The molecule has 1 aromatic rings. The third-order valence-corrected chi connectivity index (χ3v) is 6.94. The Labute approximate surface area is 170 Å². The van der Waals surface area contributed by atoms with Crippen molar-refractivity contribution in [3.8, 4) is 0 Å². The zero-order chi connectivity index (χ0) is 21.6. The second kappa shape index (κ2) is 9.84. The molecule has 0 bridgehead atoms. The number of likely N-dealkylation sites (tertiary alicyclic amines) is 1. The molecule has 2 amide bonds. The Balaban J connectivity index is 2.08. The molecule has 2 N–H and O–H groups in total. The SMILES string of the molecule is CCN(CC)S(=O)(=O)c1cccc(C(=O)OCC(=O)N2CCCC[C@@H]2C(N)=O)c1. The number of hydrogen-bond acceptors (Lipinski definition) is 6. The zero-order valence-electron chi connectivity index (χ0n) is 16.7. The van der Waals surface area contributed by atoms with E-state index in [4.69, 9.17) is 10.5 Å². The van der Waals surface area contributed by atoms with Crippen molar-refractivity contribution in [1.29, 1.82) is 0 Å². The standard InChI is InChI=1S/C19H27N3O6S/c1-3-21(4-2)29(26,27)15-9-7-8-14(12-15)19(25)28-13-17(23)22-11-6-5-10-16(22)18(20)24/h7-9,12,16H,3-6,10-11,13H2,1-2H3,(H2,20,24)/t16-/m1/s1. The number of rotatable bonds is 8. The van der Waals surface area contributed by atoms with Crippen LogP contribution in [-0.4, -0.2) is 67.7 Å². The highest BCUT2D eigenvalue weighted by molar-refractivity contribution is 7.89. The molecule has 0 radical (unpaired) electrons. The topological polar surface area (TPSA) is 127 Å². The molecule has 0 unspecified atom stereocenters. The average Bonchev–Trinajstić information content (AvgIpc) is 2.72. The molecule has 2 rings (SSSR count). The van der Waals surface area contributed by atoms with Crippen LogP contribution in [0.1, 0.15) is 43.5 Å². The first-order valence-electron chi connectivity index (χ1n) is 9.58. The van der Waals surface area contributed by atoms with Crippen LogP contribution >= 0.6 is 0 Å². The predicted octanol–water partition coefficient (Wildman–Crippen LogP) is 0.740. The molecule has 1 saturated heterocycles. The second-order valence-corrected chi connectivity index (χ2v) is 8.63. The van der Waals surface area contributed by atoms with E-state index in [0.717, 1.165) is 12.8 Å². The minimum atomic E-state index is -3.72. The van der Waals surface area contributed by atoms with E-state index in [9.17, 15) is 22.8 Å². The average molecular weight is 426 g/mol. The lowest BCUT2D eigenvalue weighted by molar-refractivity contribution is -0.143. The molecular formula is C19H27N3O6S. The lowest BCUT2D eigenvalue weighted by atomic mass is 10.0. The van der Waals surface area contributed by atoms with E-state index in [1.165, 1.54) is 33.5 Å². The normalized spacial score (nSPS) is 17.2. The first-order valence-corrected chi connectivity index (χ1v) is 11.0. The number of nitrogens with zero attached hydrogens (tertiary/aromatic N) is 2. The zero-order valence-corrected chi connectivity index (χ0v) is 17.5. The van der Waals surface area contributed by atoms with Gasteiger partial charge in [-0.15, -0.1) is 0 Å². The summed E-state index contributed by atoms with van der Waals surface area (Å²) in [6, 6.07) is 4.80. The van der Waals surface area contributed by atoms with Crippen LogP contribution < -0.4 is 5.73 Å². The number of carbonyl (C=O) groups excluding carboxylic acids is 3. The van der Waals surface area contributed by atoms with Crippen molar-refractivity contribution >= 4 is 27.8 Å². The van der Waals surface area contributed by atoms with Crippen LogP contribution in [0.15, 0.2) is 29.2 Å². The van der Waals surface area contributed by atoms with E-state index in [0.29, 0.717) is 26.1 Å². The van der Waals surface area contributed by atoms with Gasteiger partial charge in [-0.25, -0.2) is 13.2 Å². The number of esters is 1. The summed E-state index contributed by atoms with van der Waals surface area (Å²) in [5.74, 6) is -1.91. The van der Waals surface area contributed by atoms with E-state index in [2.05, 4.69) is 0 Å². The van der Waals surface area contributed by atoms with Crippen molar-refractivity contribution in [1.82, 2.24) is 9.21 Å². The number of nitrogens with two attached hydrogens (primary N) is 1. The van der Waals surface area contributed by atoms with Crippen LogP contribution in [0.4, 0.5) is 0 Å². The smallest absolute Gasteiger partial charge is 0.338 e. The van der Waals surface area contributed by atoms with Crippen LogP contribution in [0.25, 0.3) is 0 Å². The second-order valence-electron chi connectivity index (χ2n) is 6.69. The summed E-state index contributed by atoms with van der Waals surface area (Å²) in [5.41, 5.74) is 5.37. The number of hydrogen-bond donors (Lipinski definition) is 1. The van der Waals surface area contributed by atoms with Crippen LogP contribution in [0, 0.1) is 0 Å². The summed E-state index contributed by atoms with van der Waals surface area (Å²) in [7, 11) is -3.72. The highest BCUT2D eigenvalue weighted by Crippen LogP contribution is 2.19. The molecule has 0 saturated carbocycles. The van der Waals surface area contributed by atoms with Gasteiger partial charge in [0.15, 0.2) is 6.61 Å². The van der Waals surface area contributed by atoms with Gasteiger partial charge in [0.05, 0.1) is 10.5 Å². The van der Waals surface area contributed by atoms with Crippen molar-refractivity contribution in [3.05, 3.63) is 29.8 Å². The van der Waals surface area contributed by atoms with E-state index in [1.807, 2.05) is 0 Å². The molecule has 29 heavy (non-hydrogen) atoms. The minimum absolute atomic E-state index is 0.0215. The molecular weight excluding hydrogens is 398 g/mol. The van der Waals surface area contributed by atoms with Gasteiger partial charge in [0.1, 0.15) is 6.04 Å². The Morgan fingerprint density at radius 3 is 2.52 bits per heavy atom. The summed E-state index contributed by atoms with van der Waals surface area (Å²) in [5, 5.41) is 0. The molecule has 160 valence electrons. The van der Waals surface area contributed by atoms with Gasteiger partial charge in [-0.05, 0) is 37.5 Å². The summed E-state index contributed by atoms with van der Waals surface area (Å²) in [6.45, 7) is 3.89. The summed E-state index contributed by atoms with van der Waals surface area (Å²) in [6.07, 6.45) is 2.03. The molecule has 0 aliphatic carbocycles. The van der Waals surface area contributed by atoms with Crippen molar-refractivity contribution < 1.29 is 27.5 Å². The maximum atomic E-state index is 12.6. The van der Waals surface area contributed by atoms with Gasteiger partial charge in [0.25, 0.3) is 5.91 Å². The minimum Gasteiger partial charge on any atom is -0.452 e. The lowest BCUT2D eigenvalue weighted by Gasteiger charge is -2.33. The highest BCUT2D eigenvalue weighted by atomic mass is 32.2. The van der Waals surface area contributed by atoms with Gasteiger partial charge in [-0.3, -0.25) is 9.59 Å². The number of ether oxygens (including phenoxy) is 1. The van der Waals surface area contributed by atoms with E-state index >= 15 is 0 Å². The number of benzene rings is 1. The summed E-state index contributed by atoms with van der Waals surface area (Å²) >= 11 is 0. The highest BCUT2D eigenvalue weighted by Gasteiger charge is 2.31. The van der Waals surface area contributed by atoms with Gasteiger partial charge < -0.3 is 15.4 Å². The third-order valence-electron chi connectivity index (χ3n) is 4.89. The number of sulfonamides is 1. The summed E-state index contributed by atoms with van der Waals surface area (Å²) in [4.78, 5) is 37.6. The van der Waals surface area contributed by atoms with Crippen molar-refractivity contribution in [2.45, 2.75) is 44.0 Å². The van der Waals surface area contributed by atoms with E-state index < -0.39 is 40.5 Å². The molecule has 1 aromatic carbocycles. The Bertz CT molecular complexity index is 866. The fourth-order valence-electron chi connectivity index (χ4n) is 3.32. The number of amides is 2. The van der Waals surface area contributed by atoms with Gasteiger partial charge in [0, 0.05) is 19.6 Å². The monoisotopic (exact) mass is 425 g/mol. The van der Waals surface area contributed by atoms with Gasteiger partial charge >= 0.3 is 5.97 Å². The largest absolute Gasteiger partial charge is 0.452 e. The van der Waals surface area contributed by atoms with Gasteiger partial charge in [-0.2, -0.15) is 4.31 Å². The quantitative estimate of drug-likeness (QED) is 0.612. The molecule has 10 heteroatoms. The first kappa shape index (κ1) is 22.8. The van der Waals surface area contributed by atoms with Crippen molar-refractivity contribution in [2.24, 2.45) is 5.73 Å². The number of piperidine rings is 1. The van der Waals surface area contributed by atoms with Crippen LogP contribution in [0.3, 0.4) is 0 Å². The molecule has 1 heterocycles. The van der Waals surface area contributed by atoms with Gasteiger partial charge in [0.2, 0.25) is 15.9 Å². The molecule has 1 aliphatic rings. The maximum Gasteiger partial charge on any atom is 0.338 e. The molecule has 9 nitrogen and oxygen atoms in total. The Hall–Kier alpha value is -2.46.